The zero-order valence-electron chi connectivity index (χ0n) is 24.8. The number of rotatable bonds is 13. The first kappa shape index (κ1) is 31.3. The number of para-hydroxylation sites is 2. The lowest BCUT2D eigenvalue weighted by Gasteiger charge is -2.27. The molecule has 2 heterocycles. The van der Waals surface area contributed by atoms with Gasteiger partial charge in [-0.3, -0.25) is 14.4 Å². The third kappa shape index (κ3) is 7.42. The van der Waals surface area contributed by atoms with Crippen molar-refractivity contribution in [1.82, 2.24) is 25.9 Å². The number of carboxylic acids is 1. The monoisotopic (exact) mass is 588 g/mol. The van der Waals surface area contributed by atoms with E-state index in [1.165, 1.54) is 0 Å². The van der Waals surface area contributed by atoms with E-state index in [0.717, 1.165) is 32.9 Å². The summed E-state index contributed by atoms with van der Waals surface area (Å²) in [5.41, 5.74) is 9.37. The first-order chi connectivity index (χ1) is 20.5. The number of H-pyrrole nitrogens is 2. The number of hydrogen-bond acceptors (Lipinski definition) is 5. The molecule has 4 aromatic rings. The number of benzene rings is 2. The average Bonchev–Trinajstić information content (AvgIpc) is 3.58. The minimum atomic E-state index is -1.23. The topological polar surface area (TPSA) is 182 Å². The third-order valence-electron chi connectivity index (χ3n) is 7.71. The Hall–Kier alpha value is -4.64. The number of nitrogens with two attached hydrogens (primary N) is 1. The number of fused-ring (bicyclic) bond motifs is 2. The van der Waals surface area contributed by atoms with Crippen LogP contribution in [0.25, 0.3) is 21.8 Å². The lowest BCUT2D eigenvalue weighted by molar-refractivity contribution is -0.142. The molecule has 0 saturated carbocycles. The van der Waals surface area contributed by atoms with Crippen molar-refractivity contribution in [3.05, 3.63) is 72.1 Å². The number of carbonyl (C=O) groups is 4. The van der Waals surface area contributed by atoms with Crippen molar-refractivity contribution in [3.8, 4) is 0 Å². The van der Waals surface area contributed by atoms with Gasteiger partial charge in [-0.1, -0.05) is 64.1 Å². The molecule has 4 unspecified atom stereocenters. The Morgan fingerprint density at radius 3 is 1.67 bits per heavy atom. The molecule has 0 aliphatic carbocycles. The Balaban J connectivity index is 1.53. The molecular formula is C32H40N6O5. The molecule has 0 aliphatic heterocycles. The van der Waals surface area contributed by atoms with Gasteiger partial charge in [-0.05, 0) is 35.1 Å². The molecule has 8 N–H and O–H groups in total. The van der Waals surface area contributed by atoms with Crippen molar-refractivity contribution in [1.29, 1.82) is 0 Å². The lowest BCUT2D eigenvalue weighted by atomic mass is 9.99. The number of carbonyl (C=O) groups excluding carboxylic acids is 3. The summed E-state index contributed by atoms with van der Waals surface area (Å²) in [6, 6.07) is 11.0. The van der Waals surface area contributed by atoms with Crippen molar-refractivity contribution in [2.24, 2.45) is 17.6 Å². The maximum Gasteiger partial charge on any atom is 0.326 e. The van der Waals surface area contributed by atoms with Gasteiger partial charge in [0.15, 0.2) is 0 Å². The van der Waals surface area contributed by atoms with Crippen LogP contribution < -0.4 is 21.7 Å². The molecular weight excluding hydrogens is 548 g/mol. The minimum absolute atomic E-state index is 0.0518. The summed E-state index contributed by atoms with van der Waals surface area (Å²) >= 11 is 0. The van der Waals surface area contributed by atoms with Crippen LogP contribution in [0.1, 0.15) is 38.8 Å². The van der Waals surface area contributed by atoms with Crippen LogP contribution in [0.5, 0.6) is 0 Å². The number of carboxylic acid groups (broad SMARTS) is 1. The van der Waals surface area contributed by atoms with E-state index in [1.807, 2.05) is 62.4 Å². The quantitative estimate of drug-likeness (QED) is 0.126. The fourth-order valence-electron chi connectivity index (χ4n) is 5.07. The molecule has 0 radical (unpaired) electrons. The molecule has 0 aliphatic rings. The largest absolute Gasteiger partial charge is 0.480 e. The van der Waals surface area contributed by atoms with Gasteiger partial charge >= 0.3 is 5.97 Å². The number of aromatic nitrogens is 2. The Morgan fingerprint density at radius 1 is 0.698 bits per heavy atom. The van der Waals surface area contributed by atoms with Gasteiger partial charge in [0.2, 0.25) is 17.7 Å². The Labute approximate surface area is 250 Å². The summed E-state index contributed by atoms with van der Waals surface area (Å²) in [5, 5.41) is 19.9. The Morgan fingerprint density at radius 2 is 1.19 bits per heavy atom. The van der Waals surface area contributed by atoms with Crippen molar-refractivity contribution >= 4 is 45.5 Å². The van der Waals surface area contributed by atoms with Crippen LogP contribution >= 0.6 is 0 Å². The molecule has 2 aromatic carbocycles. The van der Waals surface area contributed by atoms with Gasteiger partial charge < -0.3 is 36.8 Å². The van der Waals surface area contributed by atoms with Crippen LogP contribution in [0.3, 0.4) is 0 Å². The molecule has 0 bridgehead atoms. The van der Waals surface area contributed by atoms with E-state index < -0.39 is 47.9 Å². The molecule has 4 atom stereocenters. The second-order valence-electron chi connectivity index (χ2n) is 11.6. The molecule has 0 saturated heterocycles. The van der Waals surface area contributed by atoms with Crippen molar-refractivity contribution < 1.29 is 24.3 Å². The molecule has 0 fully saturated rings. The summed E-state index contributed by atoms with van der Waals surface area (Å²) < 4.78 is 0. The zero-order valence-corrected chi connectivity index (χ0v) is 24.8. The fraction of sp³-hybridized carbons (Fsp3) is 0.375. The van der Waals surface area contributed by atoms with Gasteiger partial charge in [0.25, 0.3) is 0 Å². The van der Waals surface area contributed by atoms with E-state index in [-0.39, 0.29) is 24.7 Å². The van der Waals surface area contributed by atoms with E-state index in [0.29, 0.717) is 0 Å². The molecule has 3 amide bonds. The van der Waals surface area contributed by atoms with Crippen LogP contribution in [0, 0.1) is 11.8 Å². The predicted octanol–water partition coefficient (Wildman–Crippen LogP) is 2.61. The molecule has 228 valence electrons. The van der Waals surface area contributed by atoms with Crippen molar-refractivity contribution in [3.63, 3.8) is 0 Å². The van der Waals surface area contributed by atoms with Crippen LogP contribution in [-0.4, -0.2) is 62.9 Å². The van der Waals surface area contributed by atoms with Crippen molar-refractivity contribution in [2.75, 3.05) is 0 Å². The summed E-state index contributed by atoms with van der Waals surface area (Å²) in [6.07, 6.45) is 3.72. The average molecular weight is 589 g/mol. The fourth-order valence-corrected chi connectivity index (χ4v) is 5.07. The highest BCUT2D eigenvalue weighted by atomic mass is 16.4. The van der Waals surface area contributed by atoms with Gasteiger partial charge in [-0.25, -0.2) is 4.79 Å². The summed E-state index contributed by atoms with van der Waals surface area (Å²) in [5.74, 6) is -3.42. The number of aliphatic carboxylic acids is 1. The van der Waals surface area contributed by atoms with Gasteiger partial charge in [-0.2, -0.15) is 0 Å². The highest BCUT2D eigenvalue weighted by Gasteiger charge is 2.33. The highest BCUT2D eigenvalue weighted by molar-refractivity contribution is 5.95. The molecule has 11 heteroatoms. The molecule has 2 aromatic heterocycles. The normalized spacial score (nSPS) is 14.4. The summed E-state index contributed by atoms with van der Waals surface area (Å²) in [6.45, 7) is 7.13. The third-order valence-corrected chi connectivity index (χ3v) is 7.71. The van der Waals surface area contributed by atoms with E-state index >= 15 is 0 Å². The Kier molecular flexibility index (Phi) is 9.87. The van der Waals surface area contributed by atoms with Crippen LogP contribution in [0.4, 0.5) is 0 Å². The van der Waals surface area contributed by atoms with Crippen LogP contribution in [0.15, 0.2) is 60.9 Å². The standard InChI is InChI=1S/C32H40N6O5/c1-17(2)27(33)30(40)36-25(13-19-15-34-23-11-7-5-9-21(19)23)29(39)38-28(18(3)4)31(41)37-26(32(42)43)14-20-16-35-24-12-8-6-10-22(20)24/h5-12,15-18,25-28,34-35H,13-14,33H2,1-4H3,(H,36,40)(H,37,41)(H,38,39)(H,42,43). The molecule has 4 rings (SSSR count). The second kappa shape index (κ2) is 13.6. The van der Waals surface area contributed by atoms with Gasteiger partial charge in [0, 0.05) is 47.0 Å². The van der Waals surface area contributed by atoms with E-state index in [4.69, 9.17) is 5.73 Å². The molecule has 11 nitrogen and oxygen atoms in total. The summed E-state index contributed by atoms with van der Waals surface area (Å²) in [7, 11) is 0. The van der Waals surface area contributed by atoms with Gasteiger partial charge in [-0.15, -0.1) is 0 Å². The molecule has 43 heavy (non-hydrogen) atoms. The summed E-state index contributed by atoms with van der Waals surface area (Å²) in [4.78, 5) is 58.5. The van der Waals surface area contributed by atoms with Gasteiger partial charge in [0.1, 0.15) is 18.1 Å². The second-order valence-corrected chi connectivity index (χ2v) is 11.6. The Bertz CT molecular complexity index is 1610. The number of aromatic amines is 2. The van der Waals surface area contributed by atoms with E-state index in [2.05, 4.69) is 25.9 Å². The lowest BCUT2D eigenvalue weighted by Crippen LogP contribution is -2.59. The smallest absolute Gasteiger partial charge is 0.326 e. The minimum Gasteiger partial charge on any atom is -0.480 e. The van der Waals surface area contributed by atoms with Crippen LogP contribution in [-0.2, 0) is 32.0 Å². The zero-order chi connectivity index (χ0) is 31.3. The molecule has 0 spiro atoms. The number of amides is 3. The van der Waals surface area contributed by atoms with Gasteiger partial charge in [0.05, 0.1) is 6.04 Å². The predicted molar refractivity (Wildman–Crippen MR) is 165 cm³/mol. The maximum absolute atomic E-state index is 13.7. The maximum atomic E-state index is 13.7. The van der Waals surface area contributed by atoms with Crippen molar-refractivity contribution in [2.45, 2.75) is 64.7 Å². The van der Waals surface area contributed by atoms with Crippen LogP contribution in [0.2, 0.25) is 0 Å². The SMILES string of the molecule is CC(C)C(N)C(=O)NC(Cc1c[nH]c2ccccc12)C(=O)NC(C(=O)NC(Cc1c[nH]c2ccccc12)C(=O)O)C(C)C. The first-order valence-corrected chi connectivity index (χ1v) is 14.5. The first-order valence-electron chi connectivity index (χ1n) is 14.5. The van der Waals surface area contributed by atoms with E-state index in [1.54, 1.807) is 26.2 Å². The number of hydrogen-bond donors (Lipinski definition) is 7. The van der Waals surface area contributed by atoms with E-state index in [9.17, 15) is 24.3 Å². The highest BCUT2D eigenvalue weighted by Crippen LogP contribution is 2.21. The number of nitrogens with one attached hydrogen (secondary N) is 5.